The van der Waals surface area contributed by atoms with E-state index >= 15 is 0 Å². The summed E-state index contributed by atoms with van der Waals surface area (Å²) in [4.78, 5) is 12.8. The van der Waals surface area contributed by atoms with Crippen LogP contribution in [-0.2, 0) is 0 Å². The lowest BCUT2D eigenvalue weighted by Crippen LogP contribution is -2.29. The molecule has 0 fully saturated rings. The highest BCUT2D eigenvalue weighted by Crippen LogP contribution is 2.30. The normalized spacial score (nSPS) is 10.6. The molecule has 0 bridgehead atoms. The summed E-state index contributed by atoms with van der Waals surface area (Å²) in [5.41, 5.74) is 0. The molecule has 0 aromatic carbocycles. The van der Waals surface area contributed by atoms with E-state index in [4.69, 9.17) is 4.74 Å². The van der Waals surface area contributed by atoms with Crippen molar-refractivity contribution < 1.29 is 4.74 Å². The number of likely N-dealkylation sites (N-methyl/N-ethyl adjacent to an activating group) is 2. The lowest BCUT2D eigenvalue weighted by Gasteiger charge is -2.23. The van der Waals surface area contributed by atoms with Crippen molar-refractivity contribution >= 4 is 11.6 Å². The third-order valence-electron chi connectivity index (χ3n) is 2.78. The first-order chi connectivity index (χ1) is 9.10. The second-order valence-electron chi connectivity index (χ2n) is 4.73. The summed E-state index contributed by atoms with van der Waals surface area (Å²) in [7, 11) is 7.77. The minimum atomic E-state index is 0.706. The highest BCUT2D eigenvalue weighted by molar-refractivity contribution is 5.64. The van der Waals surface area contributed by atoms with Crippen LogP contribution in [0.4, 0.5) is 11.6 Å². The van der Waals surface area contributed by atoms with Gasteiger partial charge in [0.05, 0.1) is 7.11 Å². The maximum Gasteiger partial charge on any atom is 0.204 e. The first-order valence-electron chi connectivity index (χ1n) is 6.58. The van der Waals surface area contributed by atoms with Gasteiger partial charge < -0.3 is 19.9 Å². The quantitative estimate of drug-likeness (QED) is 0.766. The first-order valence-corrected chi connectivity index (χ1v) is 6.58. The van der Waals surface area contributed by atoms with Gasteiger partial charge in [-0.3, -0.25) is 0 Å². The van der Waals surface area contributed by atoms with Gasteiger partial charge in [-0.2, -0.15) is 0 Å². The van der Waals surface area contributed by atoms with Gasteiger partial charge in [-0.1, -0.05) is 6.92 Å². The molecule has 6 nitrogen and oxygen atoms in total. The van der Waals surface area contributed by atoms with Gasteiger partial charge in [0.15, 0.2) is 11.6 Å². The zero-order valence-corrected chi connectivity index (χ0v) is 12.6. The topological polar surface area (TPSA) is 53.5 Å². The van der Waals surface area contributed by atoms with E-state index in [1.165, 1.54) is 0 Å². The van der Waals surface area contributed by atoms with Crippen LogP contribution in [0, 0.1) is 0 Å². The van der Waals surface area contributed by atoms with Gasteiger partial charge in [0.1, 0.15) is 6.33 Å². The smallest absolute Gasteiger partial charge is 0.204 e. The molecule has 1 heterocycles. The fraction of sp³-hybridized carbons (Fsp3) is 0.692. The molecule has 1 N–H and O–H groups in total. The number of methoxy groups -OCH3 is 1. The van der Waals surface area contributed by atoms with Crippen LogP contribution in [0.25, 0.3) is 0 Å². The van der Waals surface area contributed by atoms with E-state index in [2.05, 4.69) is 46.1 Å². The summed E-state index contributed by atoms with van der Waals surface area (Å²) in [5.74, 6) is 2.28. The van der Waals surface area contributed by atoms with Crippen LogP contribution < -0.4 is 15.0 Å². The molecule has 108 valence electrons. The number of hydrogen-bond acceptors (Lipinski definition) is 6. The van der Waals surface area contributed by atoms with Gasteiger partial charge in [-0.05, 0) is 20.5 Å². The predicted molar refractivity (Wildman–Crippen MR) is 79.2 cm³/mol. The monoisotopic (exact) mass is 267 g/mol. The number of ether oxygens (including phenoxy) is 1. The standard InChI is InChI=1S/C13H25N5O/c1-6-7-14-12-11(19-5)13(16-10-15-12)18(4)9-8-17(2)3/h10H,6-9H2,1-5H3,(H,14,15,16). The average Bonchev–Trinajstić information content (AvgIpc) is 2.41. The Morgan fingerprint density at radius 1 is 1.21 bits per heavy atom. The molecule has 0 aliphatic rings. The van der Waals surface area contributed by atoms with Crippen LogP contribution in [0.5, 0.6) is 5.75 Å². The minimum absolute atomic E-state index is 0.706. The summed E-state index contributed by atoms with van der Waals surface area (Å²) < 4.78 is 5.46. The number of nitrogens with one attached hydrogen (secondary N) is 1. The van der Waals surface area contributed by atoms with E-state index in [1.807, 2.05) is 7.05 Å². The fourth-order valence-corrected chi connectivity index (χ4v) is 1.65. The van der Waals surface area contributed by atoms with E-state index in [1.54, 1.807) is 13.4 Å². The van der Waals surface area contributed by atoms with E-state index in [9.17, 15) is 0 Å². The summed E-state index contributed by atoms with van der Waals surface area (Å²) in [5, 5.41) is 3.26. The maximum atomic E-state index is 5.46. The van der Waals surface area contributed by atoms with Crippen LogP contribution in [0.1, 0.15) is 13.3 Å². The van der Waals surface area contributed by atoms with Crippen molar-refractivity contribution in [3.05, 3.63) is 6.33 Å². The van der Waals surface area contributed by atoms with Gasteiger partial charge in [0.25, 0.3) is 0 Å². The largest absolute Gasteiger partial charge is 0.490 e. The van der Waals surface area contributed by atoms with Crippen molar-refractivity contribution in [2.24, 2.45) is 0 Å². The Bertz CT molecular complexity index is 383. The SMILES string of the molecule is CCCNc1ncnc(N(C)CCN(C)C)c1OC. The molecule has 0 atom stereocenters. The van der Waals surface area contributed by atoms with Crippen molar-refractivity contribution in [1.29, 1.82) is 0 Å². The Balaban J connectivity index is 2.86. The van der Waals surface area contributed by atoms with Gasteiger partial charge >= 0.3 is 0 Å². The Hall–Kier alpha value is -1.56. The van der Waals surface area contributed by atoms with E-state index in [-0.39, 0.29) is 0 Å². The second-order valence-corrected chi connectivity index (χ2v) is 4.73. The molecule has 1 aromatic rings. The third-order valence-corrected chi connectivity index (χ3v) is 2.78. The predicted octanol–water partition coefficient (Wildman–Crippen LogP) is 1.30. The molecular weight excluding hydrogens is 242 g/mol. The molecule has 6 heteroatoms. The fourth-order valence-electron chi connectivity index (χ4n) is 1.65. The van der Waals surface area contributed by atoms with Crippen LogP contribution in [0.2, 0.25) is 0 Å². The average molecular weight is 267 g/mol. The number of hydrogen-bond donors (Lipinski definition) is 1. The molecule has 0 aliphatic heterocycles. The first kappa shape index (κ1) is 15.5. The van der Waals surface area contributed by atoms with Gasteiger partial charge in [0, 0.05) is 26.7 Å². The number of nitrogens with zero attached hydrogens (tertiary/aromatic N) is 4. The lowest BCUT2D eigenvalue weighted by molar-refractivity contribution is 0.404. The van der Waals surface area contributed by atoms with E-state index in [0.717, 1.165) is 37.7 Å². The molecule has 0 saturated heterocycles. The Morgan fingerprint density at radius 3 is 2.53 bits per heavy atom. The van der Waals surface area contributed by atoms with Gasteiger partial charge in [-0.15, -0.1) is 0 Å². The van der Waals surface area contributed by atoms with Crippen molar-refractivity contribution in [2.75, 3.05) is 58.1 Å². The van der Waals surface area contributed by atoms with Crippen LogP contribution in [0.3, 0.4) is 0 Å². The van der Waals surface area contributed by atoms with Crippen molar-refractivity contribution in [1.82, 2.24) is 14.9 Å². The highest BCUT2D eigenvalue weighted by Gasteiger charge is 2.15. The number of anilines is 2. The van der Waals surface area contributed by atoms with E-state index < -0.39 is 0 Å². The molecule has 0 aliphatic carbocycles. The Labute approximate surface area is 115 Å². The zero-order chi connectivity index (χ0) is 14.3. The maximum absolute atomic E-state index is 5.46. The van der Waals surface area contributed by atoms with Crippen LogP contribution in [0.15, 0.2) is 6.33 Å². The molecule has 0 saturated carbocycles. The van der Waals surface area contributed by atoms with Crippen LogP contribution >= 0.6 is 0 Å². The van der Waals surface area contributed by atoms with Crippen molar-refractivity contribution in [3.63, 3.8) is 0 Å². The van der Waals surface area contributed by atoms with Gasteiger partial charge in [-0.25, -0.2) is 9.97 Å². The van der Waals surface area contributed by atoms with Crippen molar-refractivity contribution in [2.45, 2.75) is 13.3 Å². The summed E-state index contributed by atoms with van der Waals surface area (Å²) >= 11 is 0. The zero-order valence-electron chi connectivity index (χ0n) is 12.6. The number of aromatic nitrogens is 2. The summed E-state index contributed by atoms with van der Waals surface area (Å²) in [6.07, 6.45) is 2.61. The minimum Gasteiger partial charge on any atom is -0.490 e. The highest BCUT2D eigenvalue weighted by atomic mass is 16.5. The number of rotatable bonds is 8. The van der Waals surface area contributed by atoms with Crippen LogP contribution in [-0.4, -0.2) is 62.8 Å². The van der Waals surface area contributed by atoms with Crippen molar-refractivity contribution in [3.8, 4) is 5.75 Å². The molecule has 19 heavy (non-hydrogen) atoms. The molecule has 1 rings (SSSR count). The Morgan fingerprint density at radius 2 is 1.95 bits per heavy atom. The lowest BCUT2D eigenvalue weighted by atomic mass is 10.4. The summed E-state index contributed by atoms with van der Waals surface area (Å²) in [6.45, 7) is 4.83. The summed E-state index contributed by atoms with van der Waals surface area (Å²) in [6, 6.07) is 0. The molecular formula is C13H25N5O. The third kappa shape index (κ3) is 4.55. The molecule has 1 aromatic heterocycles. The Kier molecular flexibility index (Phi) is 6.35. The molecule has 0 unspecified atom stereocenters. The second kappa shape index (κ2) is 7.78. The van der Waals surface area contributed by atoms with Gasteiger partial charge in [0.2, 0.25) is 5.75 Å². The van der Waals surface area contributed by atoms with E-state index in [0.29, 0.717) is 5.75 Å². The molecule has 0 amide bonds. The molecule has 0 spiro atoms. The molecule has 0 radical (unpaired) electrons.